The Morgan fingerprint density at radius 1 is 1.31 bits per heavy atom. The summed E-state index contributed by atoms with van der Waals surface area (Å²) in [4.78, 5) is 21.0. The van der Waals surface area contributed by atoms with Crippen molar-refractivity contribution >= 4 is 17.4 Å². The van der Waals surface area contributed by atoms with E-state index in [0.29, 0.717) is 11.5 Å². The van der Waals surface area contributed by atoms with Crippen LogP contribution in [0.4, 0.5) is 5.82 Å². The van der Waals surface area contributed by atoms with Gasteiger partial charge in [0.25, 0.3) is 0 Å². The van der Waals surface area contributed by atoms with Gasteiger partial charge in [0.2, 0.25) is 5.91 Å². The molecule has 7 nitrogen and oxygen atoms in total. The molecule has 29 heavy (non-hydrogen) atoms. The number of hydrogen-bond donors (Lipinski definition) is 2. The van der Waals surface area contributed by atoms with Crippen molar-refractivity contribution < 1.29 is 9.53 Å². The molecule has 1 aromatic carbocycles. The van der Waals surface area contributed by atoms with Crippen molar-refractivity contribution in [3.8, 4) is 11.3 Å². The van der Waals surface area contributed by atoms with E-state index in [1.807, 2.05) is 31.5 Å². The van der Waals surface area contributed by atoms with Gasteiger partial charge in [-0.05, 0) is 55.7 Å². The number of rotatable bonds is 6. The number of amides is 1. The van der Waals surface area contributed by atoms with Crippen LogP contribution in [0.1, 0.15) is 53.1 Å². The Balaban J connectivity index is 1.55. The van der Waals surface area contributed by atoms with Crippen LogP contribution in [0.5, 0.6) is 0 Å². The lowest BCUT2D eigenvalue weighted by molar-refractivity contribution is 0.0999. The van der Waals surface area contributed by atoms with Crippen molar-refractivity contribution in [3.63, 3.8) is 0 Å². The van der Waals surface area contributed by atoms with Crippen LogP contribution >= 0.6 is 0 Å². The third kappa shape index (κ3) is 3.25. The molecule has 1 saturated carbocycles. The predicted molar refractivity (Wildman–Crippen MR) is 111 cm³/mol. The highest BCUT2D eigenvalue weighted by molar-refractivity contribution is 5.95. The molecule has 3 heterocycles. The molecule has 1 aliphatic carbocycles. The van der Waals surface area contributed by atoms with Crippen LogP contribution < -0.4 is 11.1 Å². The number of benzene rings is 1. The molecule has 7 heteroatoms. The number of nitrogens with one attached hydrogen (secondary N) is 1. The van der Waals surface area contributed by atoms with Crippen molar-refractivity contribution in [2.24, 2.45) is 5.73 Å². The SMILES string of the molecule is Cc1c(C(N)=O)ccc(-c2cnc3c(NCC4CCCO4)nccn23)c1C1CC1. The second-order valence-electron chi connectivity index (χ2n) is 7.97. The van der Waals surface area contributed by atoms with Crippen LogP contribution in [0.15, 0.2) is 30.7 Å². The minimum atomic E-state index is -0.376. The lowest BCUT2D eigenvalue weighted by Gasteiger charge is -2.15. The van der Waals surface area contributed by atoms with Crippen molar-refractivity contribution in [1.29, 1.82) is 0 Å². The molecule has 3 aromatic rings. The van der Waals surface area contributed by atoms with E-state index < -0.39 is 0 Å². The van der Waals surface area contributed by atoms with Crippen molar-refractivity contribution in [3.05, 3.63) is 47.4 Å². The first kappa shape index (κ1) is 18.1. The van der Waals surface area contributed by atoms with E-state index in [0.717, 1.165) is 67.1 Å². The first-order valence-electron chi connectivity index (χ1n) is 10.2. The summed E-state index contributed by atoms with van der Waals surface area (Å²) in [5.74, 6) is 0.861. The quantitative estimate of drug-likeness (QED) is 0.672. The number of fused-ring (bicyclic) bond motifs is 1. The molecule has 1 aliphatic heterocycles. The summed E-state index contributed by atoms with van der Waals surface area (Å²) in [6.45, 7) is 3.56. The highest BCUT2D eigenvalue weighted by atomic mass is 16.5. The molecular weight excluding hydrogens is 366 g/mol. The highest BCUT2D eigenvalue weighted by Gasteiger charge is 2.30. The van der Waals surface area contributed by atoms with Crippen LogP contribution in [0.3, 0.4) is 0 Å². The maximum atomic E-state index is 11.8. The van der Waals surface area contributed by atoms with E-state index in [1.165, 1.54) is 5.56 Å². The van der Waals surface area contributed by atoms with E-state index in [-0.39, 0.29) is 12.0 Å². The molecule has 3 N–H and O–H groups in total. The number of imidazole rings is 1. The summed E-state index contributed by atoms with van der Waals surface area (Å²) < 4.78 is 7.76. The Bertz CT molecular complexity index is 1080. The fourth-order valence-corrected chi connectivity index (χ4v) is 4.38. The molecule has 0 radical (unpaired) electrons. The Hall–Kier alpha value is -2.93. The minimum absolute atomic E-state index is 0.233. The second kappa shape index (κ2) is 7.15. The lowest BCUT2D eigenvalue weighted by atomic mass is 9.92. The molecule has 0 spiro atoms. The maximum Gasteiger partial charge on any atom is 0.248 e. The van der Waals surface area contributed by atoms with Crippen LogP contribution in [0, 0.1) is 6.92 Å². The maximum absolute atomic E-state index is 11.8. The van der Waals surface area contributed by atoms with Gasteiger partial charge in [0.15, 0.2) is 11.5 Å². The normalized spacial score (nSPS) is 19.0. The summed E-state index contributed by atoms with van der Waals surface area (Å²) in [6.07, 6.45) is 10.3. The van der Waals surface area contributed by atoms with E-state index in [1.54, 1.807) is 6.20 Å². The molecule has 1 atom stereocenters. The zero-order valence-electron chi connectivity index (χ0n) is 16.5. The Morgan fingerprint density at radius 2 is 2.17 bits per heavy atom. The number of hydrogen-bond acceptors (Lipinski definition) is 5. The number of nitrogens with zero attached hydrogens (tertiary/aromatic N) is 3. The van der Waals surface area contributed by atoms with Crippen LogP contribution in [0.25, 0.3) is 16.9 Å². The molecule has 2 aliphatic rings. The van der Waals surface area contributed by atoms with Gasteiger partial charge in [-0.15, -0.1) is 0 Å². The average molecular weight is 391 g/mol. The van der Waals surface area contributed by atoms with E-state index in [4.69, 9.17) is 10.5 Å². The number of aromatic nitrogens is 3. The first-order valence-corrected chi connectivity index (χ1v) is 10.2. The van der Waals surface area contributed by atoms with E-state index in [2.05, 4.69) is 19.7 Å². The van der Waals surface area contributed by atoms with Gasteiger partial charge in [-0.2, -0.15) is 0 Å². The summed E-state index contributed by atoms with van der Waals surface area (Å²) >= 11 is 0. The number of carbonyl (C=O) groups is 1. The summed E-state index contributed by atoms with van der Waals surface area (Å²) in [7, 11) is 0. The van der Waals surface area contributed by atoms with Gasteiger partial charge in [-0.3, -0.25) is 9.20 Å². The molecule has 150 valence electrons. The van der Waals surface area contributed by atoms with Crippen LogP contribution in [0.2, 0.25) is 0 Å². The summed E-state index contributed by atoms with van der Waals surface area (Å²) in [6, 6.07) is 3.83. The molecule has 1 unspecified atom stereocenters. The van der Waals surface area contributed by atoms with Crippen molar-refractivity contribution in [1.82, 2.24) is 14.4 Å². The zero-order chi connectivity index (χ0) is 20.0. The number of nitrogens with two attached hydrogens (primary N) is 1. The van der Waals surface area contributed by atoms with E-state index >= 15 is 0 Å². The third-order valence-electron chi connectivity index (χ3n) is 5.99. The largest absolute Gasteiger partial charge is 0.376 e. The first-order chi connectivity index (χ1) is 14.1. The van der Waals surface area contributed by atoms with Crippen LogP contribution in [-0.2, 0) is 4.74 Å². The number of primary amides is 1. The Labute approximate surface area is 169 Å². The second-order valence-corrected chi connectivity index (χ2v) is 7.97. The van der Waals surface area contributed by atoms with Gasteiger partial charge in [-0.1, -0.05) is 6.07 Å². The number of carbonyl (C=O) groups excluding carboxylic acids is 1. The van der Waals surface area contributed by atoms with Gasteiger partial charge >= 0.3 is 0 Å². The molecule has 1 amide bonds. The van der Waals surface area contributed by atoms with Crippen molar-refractivity contribution in [2.45, 2.75) is 44.6 Å². The molecule has 2 aromatic heterocycles. The van der Waals surface area contributed by atoms with Gasteiger partial charge in [0.05, 0.1) is 18.0 Å². The molecular formula is C22H25N5O2. The Kier molecular flexibility index (Phi) is 4.47. The summed E-state index contributed by atoms with van der Waals surface area (Å²) in [5.41, 5.74) is 11.3. The molecule has 5 rings (SSSR count). The standard InChI is InChI=1S/C22H25N5O2/c1-13-16(20(23)28)6-7-17(19(13)14-4-5-14)18-12-26-22-21(24-8-9-27(18)22)25-11-15-3-2-10-29-15/h6-9,12,14-15H,2-5,10-11H2,1H3,(H2,23,28)(H,24,25). The molecule has 0 bridgehead atoms. The van der Waals surface area contributed by atoms with Gasteiger partial charge in [0.1, 0.15) is 0 Å². The van der Waals surface area contributed by atoms with E-state index in [9.17, 15) is 4.79 Å². The van der Waals surface area contributed by atoms with Gasteiger partial charge in [-0.25, -0.2) is 9.97 Å². The topological polar surface area (TPSA) is 94.5 Å². The number of ether oxygens (including phenoxy) is 1. The summed E-state index contributed by atoms with van der Waals surface area (Å²) in [5, 5.41) is 3.40. The van der Waals surface area contributed by atoms with Crippen LogP contribution in [-0.4, -0.2) is 39.5 Å². The third-order valence-corrected chi connectivity index (χ3v) is 5.99. The predicted octanol–water partition coefficient (Wildman–Crippen LogP) is 3.27. The fourth-order valence-electron chi connectivity index (χ4n) is 4.38. The smallest absolute Gasteiger partial charge is 0.248 e. The highest BCUT2D eigenvalue weighted by Crippen LogP contribution is 2.46. The average Bonchev–Trinajstić information content (AvgIpc) is 3.24. The van der Waals surface area contributed by atoms with Gasteiger partial charge in [0, 0.05) is 36.7 Å². The fraction of sp³-hybridized carbons (Fsp3) is 0.409. The molecule has 1 saturated heterocycles. The lowest BCUT2D eigenvalue weighted by Crippen LogP contribution is -2.19. The zero-order valence-corrected chi connectivity index (χ0v) is 16.5. The number of anilines is 1. The monoisotopic (exact) mass is 391 g/mol. The molecule has 2 fully saturated rings. The Morgan fingerprint density at radius 3 is 2.90 bits per heavy atom. The van der Waals surface area contributed by atoms with Gasteiger partial charge < -0.3 is 15.8 Å². The minimum Gasteiger partial charge on any atom is -0.376 e. The van der Waals surface area contributed by atoms with Crippen molar-refractivity contribution in [2.75, 3.05) is 18.5 Å².